The summed E-state index contributed by atoms with van der Waals surface area (Å²) < 4.78 is 62.3. The summed E-state index contributed by atoms with van der Waals surface area (Å²) in [6.07, 6.45) is -2.59. The third-order valence-electron chi connectivity index (χ3n) is 5.59. The van der Waals surface area contributed by atoms with Crippen LogP contribution in [0.3, 0.4) is 0 Å². The lowest BCUT2D eigenvalue weighted by atomic mass is 10.0. The van der Waals surface area contributed by atoms with E-state index in [0.717, 1.165) is 25.7 Å². The van der Waals surface area contributed by atoms with Gasteiger partial charge in [0.1, 0.15) is 12.1 Å². The molecule has 234 valence electrons. The third kappa shape index (κ3) is 17.2. The van der Waals surface area contributed by atoms with Gasteiger partial charge < -0.3 is 41.4 Å². The smallest absolute Gasteiger partial charge is 0.335 e. The molecule has 0 saturated heterocycles. The fourth-order valence-corrected chi connectivity index (χ4v) is 3.23. The van der Waals surface area contributed by atoms with E-state index in [1.54, 1.807) is 13.8 Å². The molecule has 2 aliphatic carbocycles. The number of carboxylic acids is 2. The Kier molecular flexibility index (Phi) is 16.2. The minimum absolute atomic E-state index is 0.120. The highest BCUT2D eigenvalue weighted by molar-refractivity contribution is 5.83. The average Bonchev–Trinajstić information content (AvgIpc) is 3.76. The predicted octanol–water partition coefficient (Wildman–Crippen LogP) is 1.28. The molecule has 0 heterocycles. The summed E-state index contributed by atoms with van der Waals surface area (Å²) in [5.41, 5.74) is 10.7. The number of alkyl halides is 4. The van der Waals surface area contributed by atoms with Crippen molar-refractivity contribution >= 4 is 23.9 Å². The number of ether oxygens (including phenoxy) is 2. The topological polar surface area (TPSA) is 220 Å². The second kappa shape index (κ2) is 17.3. The molecule has 0 spiro atoms. The molecular formula is C24H40F4N2O10. The minimum Gasteiger partial charge on any atom is -0.479 e. The molecule has 12 nitrogen and oxygen atoms in total. The molecule has 0 aromatic carbocycles. The van der Waals surface area contributed by atoms with Crippen LogP contribution < -0.4 is 11.5 Å². The normalized spacial score (nSPS) is 17.9. The number of carbonyl (C=O) groups excluding carboxylic acids is 2. The van der Waals surface area contributed by atoms with Crippen molar-refractivity contribution in [3.8, 4) is 0 Å². The number of aliphatic hydroxyl groups excluding tert-OH is 2. The minimum atomic E-state index is -2.84. The van der Waals surface area contributed by atoms with E-state index in [9.17, 15) is 36.7 Å². The molecule has 0 aromatic heterocycles. The van der Waals surface area contributed by atoms with Crippen LogP contribution in [-0.2, 0) is 28.7 Å². The molecule has 0 radical (unpaired) electrons. The maximum absolute atomic E-state index is 13.3. The fourth-order valence-electron chi connectivity index (χ4n) is 3.23. The number of nitrogens with two attached hydrogens (primary N) is 2. The van der Waals surface area contributed by atoms with E-state index < -0.39 is 72.9 Å². The summed E-state index contributed by atoms with van der Waals surface area (Å²) in [6.45, 7) is 3.57. The van der Waals surface area contributed by atoms with Crippen molar-refractivity contribution in [1.82, 2.24) is 0 Å². The molecule has 2 fully saturated rings. The summed E-state index contributed by atoms with van der Waals surface area (Å²) in [4.78, 5) is 41.6. The molecule has 40 heavy (non-hydrogen) atoms. The maximum Gasteiger partial charge on any atom is 0.335 e. The summed E-state index contributed by atoms with van der Waals surface area (Å²) in [7, 11) is 0. The van der Waals surface area contributed by atoms with Crippen molar-refractivity contribution in [3.63, 3.8) is 0 Å². The van der Waals surface area contributed by atoms with E-state index in [2.05, 4.69) is 9.47 Å². The first kappa shape index (κ1) is 37.4. The number of aliphatic hydroxyl groups is 2. The van der Waals surface area contributed by atoms with Crippen LogP contribution in [-0.4, -0.2) is 93.7 Å². The number of hydrogen-bond acceptors (Lipinski definition) is 10. The zero-order chi connectivity index (χ0) is 31.3. The van der Waals surface area contributed by atoms with Crippen molar-refractivity contribution in [2.45, 2.75) is 101 Å². The molecule has 2 saturated carbocycles. The van der Waals surface area contributed by atoms with Crippen molar-refractivity contribution in [2.75, 3.05) is 13.2 Å². The Labute approximate surface area is 229 Å². The van der Waals surface area contributed by atoms with E-state index >= 15 is 0 Å². The molecule has 4 atom stereocenters. The van der Waals surface area contributed by atoms with Gasteiger partial charge in [0.2, 0.25) is 0 Å². The van der Waals surface area contributed by atoms with Gasteiger partial charge in [0, 0.05) is 25.7 Å². The van der Waals surface area contributed by atoms with Gasteiger partial charge in [-0.2, -0.15) is 0 Å². The summed E-state index contributed by atoms with van der Waals surface area (Å²) in [5.74, 6) is -10.5. The van der Waals surface area contributed by atoms with Crippen LogP contribution >= 0.6 is 0 Å². The Hall–Kier alpha value is -2.56. The highest BCUT2D eigenvalue weighted by atomic mass is 19.3. The van der Waals surface area contributed by atoms with Crippen molar-refractivity contribution < 1.29 is 66.6 Å². The van der Waals surface area contributed by atoms with E-state index in [-0.39, 0.29) is 37.9 Å². The van der Waals surface area contributed by atoms with E-state index in [4.69, 9.17) is 31.9 Å². The highest BCUT2D eigenvalue weighted by Crippen LogP contribution is 2.41. The van der Waals surface area contributed by atoms with Gasteiger partial charge >= 0.3 is 23.9 Å². The van der Waals surface area contributed by atoms with E-state index in [0.29, 0.717) is 0 Å². The molecule has 16 heteroatoms. The summed E-state index contributed by atoms with van der Waals surface area (Å²) in [6, 6.07) is -2.42. The third-order valence-corrected chi connectivity index (χ3v) is 5.59. The fraction of sp³-hybridized carbons (Fsp3) is 0.833. The molecule has 2 aliphatic rings. The molecule has 0 unspecified atom stereocenters. The van der Waals surface area contributed by atoms with Crippen LogP contribution in [0.25, 0.3) is 0 Å². The van der Waals surface area contributed by atoms with Crippen LogP contribution in [0, 0.1) is 11.8 Å². The van der Waals surface area contributed by atoms with Crippen LogP contribution in [0.15, 0.2) is 0 Å². The Morgan fingerprint density at radius 2 is 1.00 bits per heavy atom. The molecule has 2 rings (SSSR count). The lowest BCUT2D eigenvalue weighted by Crippen LogP contribution is -2.39. The predicted molar refractivity (Wildman–Crippen MR) is 130 cm³/mol. The van der Waals surface area contributed by atoms with Gasteiger partial charge in [-0.3, -0.25) is 9.59 Å². The first-order valence-electron chi connectivity index (χ1n) is 12.8. The van der Waals surface area contributed by atoms with E-state index in [1.807, 2.05) is 0 Å². The second-order valence-electron chi connectivity index (χ2n) is 9.70. The second-order valence-corrected chi connectivity index (χ2v) is 9.70. The molecule has 0 aliphatic heterocycles. The van der Waals surface area contributed by atoms with Crippen molar-refractivity contribution in [2.24, 2.45) is 23.3 Å². The van der Waals surface area contributed by atoms with Gasteiger partial charge in [0.15, 0.2) is 12.2 Å². The van der Waals surface area contributed by atoms with Crippen LogP contribution in [0.5, 0.6) is 0 Å². The summed E-state index contributed by atoms with van der Waals surface area (Å²) >= 11 is 0. The monoisotopic (exact) mass is 592 g/mol. The average molecular weight is 593 g/mol. The molecule has 0 bridgehead atoms. The quantitative estimate of drug-likeness (QED) is 0.117. The van der Waals surface area contributed by atoms with E-state index in [1.165, 1.54) is 0 Å². The highest BCUT2D eigenvalue weighted by Gasteiger charge is 2.41. The first-order chi connectivity index (χ1) is 18.4. The number of carboxylic acid groups (broad SMARTS) is 2. The molecule has 8 N–H and O–H groups in total. The lowest BCUT2D eigenvalue weighted by Gasteiger charge is -2.19. The van der Waals surface area contributed by atoms with Crippen LogP contribution in [0.2, 0.25) is 0 Å². The van der Waals surface area contributed by atoms with Gasteiger partial charge in [0.25, 0.3) is 11.8 Å². The van der Waals surface area contributed by atoms with Crippen LogP contribution in [0.1, 0.15) is 65.2 Å². The molecular weight excluding hydrogens is 552 g/mol. The van der Waals surface area contributed by atoms with Crippen molar-refractivity contribution in [1.29, 1.82) is 0 Å². The van der Waals surface area contributed by atoms with Crippen molar-refractivity contribution in [3.05, 3.63) is 0 Å². The number of carbonyl (C=O) groups is 4. The number of esters is 2. The Bertz CT molecular complexity index is 759. The molecule has 0 amide bonds. The Balaban J connectivity index is 0.000000585. The zero-order valence-electron chi connectivity index (χ0n) is 22.4. The SMILES string of the molecule is CCOC(=O)[C@@H](N)CC(F)(F)CC1CC1.CCOC(=O)[C@@H](N)CC(F)(F)CC1CC1.O=C(O)[C@H](O)[C@@H](O)C(=O)O. The zero-order valence-corrected chi connectivity index (χ0v) is 22.4. The standard InChI is InChI=1S/2C10H17F2NO2.C4H6O6/c2*1-2-15-9(14)8(13)6-10(11,12)5-7-3-4-7;5-1(3(7)8)2(6)4(9)10/h2*7-8H,2-6,13H2,1H3;1-2,5-6H,(H,7,8)(H,9,10)/t2*8-;1-,2-/m001/s1. The van der Waals surface area contributed by atoms with Gasteiger partial charge in [-0.1, -0.05) is 0 Å². The molecule has 0 aromatic rings. The van der Waals surface area contributed by atoms with Crippen LogP contribution in [0.4, 0.5) is 17.6 Å². The van der Waals surface area contributed by atoms with Gasteiger partial charge in [-0.25, -0.2) is 27.2 Å². The number of rotatable bonds is 15. The van der Waals surface area contributed by atoms with Gasteiger partial charge in [-0.05, 0) is 51.4 Å². The number of hydrogen-bond donors (Lipinski definition) is 6. The number of halogens is 4. The first-order valence-corrected chi connectivity index (χ1v) is 12.8. The number of aliphatic carboxylic acids is 2. The van der Waals surface area contributed by atoms with Gasteiger partial charge in [0.05, 0.1) is 13.2 Å². The lowest BCUT2D eigenvalue weighted by molar-refractivity contribution is -0.165. The Morgan fingerprint density at radius 1 is 0.725 bits per heavy atom. The largest absolute Gasteiger partial charge is 0.479 e. The Morgan fingerprint density at radius 3 is 1.20 bits per heavy atom. The maximum atomic E-state index is 13.3. The summed E-state index contributed by atoms with van der Waals surface area (Å²) in [5, 5.41) is 32.5. The van der Waals surface area contributed by atoms with Gasteiger partial charge in [-0.15, -0.1) is 0 Å².